The van der Waals surface area contributed by atoms with E-state index in [1.165, 1.54) is 0 Å². The number of carboxylic acids is 1. The topological polar surface area (TPSA) is 79.2 Å². The molecule has 1 aromatic rings. The van der Waals surface area contributed by atoms with Crippen LogP contribution in [0.4, 0.5) is 5.95 Å². The highest BCUT2D eigenvalue weighted by Gasteiger charge is 2.40. The molecule has 21 heavy (non-hydrogen) atoms. The number of carbonyl (C=O) groups is 1. The van der Waals surface area contributed by atoms with Gasteiger partial charge < -0.3 is 10.0 Å². The molecule has 0 radical (unpaired) electrons. The molecule has 0 aromatic carbocycles. The van der Waals surface area contributed by atoms with E-state index < -0.39 is 11.4 Å². The summed E-state index contributed by atoms with van der Waals surface area (Å²) in [6.45, 7) is 7.42. The van der Waals surface area contributed by atoms with Crippen molar-refractivity contribution in [3.63, 3.8) is 0 Å². The molecule has 0 saturated carbocycles. The molecule has 1 aromatic heterocycles. The maximum Gasteiger partial charge on any atom is 0.309 e. The van der Waals surface area contributed by atoms with Crippen LogP contribution in [0.5, 0.6) is 0 Å². The Hall–Kier alpha value is -1.72. The van der Waals surface area contributed by atoms with Gasteiger partial charge in [-0.15, -0.1) is 5.10 Å². The number of nitrogens with zero attached hydrogens (tertiary/aromatic N) is 4. The number of aromatic nitrogens is 3. The third-order valence-electron chi connectivity index (χ3n) is 4.63. The predicted molar refractivity (Wildman–Crippen MR) is 80.4 cm³/mol. The van der Waals surface area contributed by atoms with Crippen molar-refractivity contribution in [2.45, 2.75) is 52.9 Å². The van der Waals surface area contributed by atoms with Crippen molar-refractivity contribution in [1.82, 2.24) is 15.2 Å². The zero-order valence-electron chi connectivity index (χ0n) is 13.1. The summed E-state index contributed by atoms with van der Waals surface area (Å²) in [6.07, 6.45) is 3.62. The molecule has 116 valence electrons. The molecule has 1 aliphatic rings. The number of aliphatic carboxylic acids is 1. The van der Waals surface area contributed by atoms with E-state index in [9.17, 15) is 9.90 Å². The van der Waals surface area contributed by atoms with Crippen LogP contribution in [0.25, 0.3) is 0 Å². The van der Waals surface area contributed by atoms with Crippen LogP contribution in [0.1, 0.15) is 51.4 Å². The molecule has 1 saturated heterocycles. The number of rotatable bonds is 5. The molecular formula is C15H24N4O2. The normalized spacial score (nSPS) is 17.8. The number of hydrogen-bond donors (Lipinski definition) is 1. The van der Waals surface area contributed by atoms with Crippen molar-refractivity contribution in [2.24, 2.45) is 5.41 Å². The van der Waals surface area contributed by atoms with Crippen LogP contribution in [0.2, 0.25) is 0 Å². The zero-order chi connectivity index (χ0) is 15.5. The van der Waals surface area contributed by atoms with E-state index in [2.05, 4.69) is 27.0 Å². The van der Waals surface area contributed by atoms with Crippen LogP contribution < -0.4 is 4.90 Å². The van der Waals surface area contributed by atoms with Crippen molar-refractivity contribution in [1.29, 1.82) is 0 Å². The summed E-state index contributed by atoms with van der Waals surface area (Å²) in [5.41, 5.74) is 1.36. The van der Waals surface area contributed by atoms with Crippen molar-refractivity contribution in [3.8, 4) is 0 Å². The lowest BCUT2D eigenvalue weighted by Crippen LogP contribution is -2.44. The number of piperidine rings is 1. The summed E-state index contributed by atoms with van der Waals surface area (Å²) in [5.74, 6) is -0.0431. The largest absolute Gasteiger partial charge is 0.481 e. The number of aryl methyl sites for hydroxylation is 2. The van der Waals surface area contributed by atoms with Crippen molar-refractivity contribution >= 4 is 11.9 Å². The van der Waals surface area contributed by atoms with Gasteiger partial charge in [0.2, 0.25) is 5.95 Å². The SMILES string of the molecule is CCc1nnc(N2CCC(CC)(C(=O)O)CC2)nc1CC. The fourth-order valence-electron chi connectivity index (χ4n) is 2.92. The van der Waals surface area contributed by atoms with Crippen LogP contribution in [0.15, 0.2) is 0 Å². The first kappa shape index (κ1) is 15.7. The van der Waals surface area contributed by atoms with Crippen LogP contribution >= 0.6 is 0 Å². The number of hydrogen-bond acceptors (Lipinski definition) is 5. The van der Waals surface area contributed by atoms with Gasteiger partial charge in [-0.2, -0.15) is 5.10 Å². The van der Waals surface area contributed by atoms with Crippen LogP contribution in [-0.2, 0) is 17.6 Å². The summed E-state index contributed by atoms with van der Waals surface area (Å²) < 4.78 is 0. The van der Waals surface area contributed by atoms with Gasteiger partial charge >= 0.3 is 5.97 Å². The van der Waals surface area contributed by atoms with Gasteiger partial charge in [-0.25, -0.2) is 4.98 Å². The summed E-state index contributed by atoms with van der Waals surface area (Å²) in [6, 6.07) is 0. The molecule has 0 aliphatic carbocycles. The van der Waals surface area contributed by atoms with E-state index >= 15 is 0 Å². The van der Waals surface area contributed by atoms with Gasteiger partial charge in [-0.1, -0.05) is 20.8 Å². The van der Waals surface area contributed by atoms with E-state index in [0.29, 0.717) is 38.3 Å². The Kier molecular flexibility index (Phi) is 4.75. The van der Waals surface area contributed by atoms with Gasteiger partial charge in [0.05, 0.1) is 16.8 Å². The van der Waals surface area contributed by atoms with Gasteiger partial charge in [-0.3, -0.25) is 4.79 Å². The molecule has 2 rings (SSSR count). The molecule has 0 amide bonds. The average Bonchev–Trinajstić information content (AvgIpc) is 2.54. The first-order valence-corrected chi connectivity index (χ1v) is 7.77. The van der Waals surface area contributed by atoms with E-state index in [-0.39, 0.29) is 0 Å². The summed E-state index contributed by atoms with van der Waals surface area (Å²) >= 11 is 0. The van der Waals surface area contributed by atoms with Gasteiger partial charge in [-0.05, 0) is 32.1 Å². The highest BCUT2D eigenvalue weighted by atomic mass is 16.4. The van der Waals surface area contributed by atoms with Crippen molar-refractivity contribution in [2.75, 3.05) is 18.0 Å². The summed E-state index contributed by atoms with van der Waals surface area (Å²) in [7, 11) is 0. The second-order valence-corrected chi connectivity index (χ2v) is 5.64. The lowest BCUT2D eigenvalue weighted by molar-refractivity contribution is -0.150. The molecular weight excluding hydrogens is 268 g/mol. The van der Waals surface area contributed by atoms with Gasteiger partial charge in [0.25, 0.3) is 0 Å². The standard InChI is InChI=1S/C15H24N4O2/c1-4-11-12(5-2)17-18-14(16-11)19-9-7-15(6-3,8-10-19)13(20)21/h4-10H2,1-3H3,(H,20,21). The molecule has 1 N–H and O–H groups in total. The molecule has 1 aliphatic heterocycles. The Balaban J connectivity index is 2.14. The summed E-state index contributed by atoms with van der Waals surface area (Å²) in [4.78, 5) is 18.1. The smallest absolute Gasteiger partial charge is 0.309 e. The van der Waals surface area contributed by atoms with Crippen LogP contribution in [0, 0.1) is 5.41 Å². The molecule has 0 spiro atoms. The van der Waals surface area contributed by atoms with E-state index in [4.69, 9.17) is 0 Å². The fourth-order valence-corrected chi connectivity index (χ4v) is 2.92. The van der Waals surface area contributed by atoms with E-state index in [1.807, 2.05) is 13.8 Å². The predicted octanol–water partition coefficient (Wildman–Crippen LogP) is 2.08. The molecule has 0 bridgehead atoms. The summed E-state index contributed by atoms with van der Waals surface area (Å²) in [5, 5.41) is 17.9. The second kappa shape index (κ2) is 6.37. The average molecular weight is 292 g/mol. The van der Waals surface area contributed by atoms with Gasteiger partial charge in [0, 0.05) is 13.1 Å². The third kappa shape index (κ3) is 2.99. The fraction of sp³-hybridized carbons (Fsp3) is 0.733. The molecule has 0 atom stereocenters. The van der Waals surface area contributed by atoms with Crippen molar-refractivity contribution in [3.05, 3.63) is 11.4 Å². The molecule has 2 heterocycles. The van der Waals surface area contributed by atoms with Crippen LogP contribution in [-0.4, -0.2) is 39.3 Å². The second-order valence-electron chi connectivity index (χ2n) is 5.64. The number of anilines is 1. The monoisotopic (exact) mass is 292 g/mol. The van der Waals surface area contributed by atoms with Gasteiger partial charge in [0.15, 0.2) is 0 Å². The Morgan fingerprint density at radius 1 is 1.14 bits per heavy atom. The van der Waals surface area contributed by atoms with Crippen LogP contribution in [0.3, 0.4) is 0 Å². The zero-order valence-corrected chi connectivity index (χ0v) is 13.1. The van der Waals surface area contributed by atoms with Crippen molar-refractivity contribution < 1.29 is 9.90 Å². The van der Waals surface area contributed by atoms with Gasteiger partial charge in [0.1, 0.15) is 0 Å². The molecule has 6 nitrogen and oxygen atoms in total. The highest BCUT2D eigenvalue weighted by Crippen LogP contribution is 2.35. The van der Waals surface area contributed by atoms with E-state index in [0.717, 1.165) is 24.2 Å². The Morgan fingerprint density at radius 2 is 1.76 bits per heavy atom. The molecule has 1 fully saturated rings. The Labute approximate surface area is 125 Å². The first-order chi connectivity index (χ1) is 10.1. The third-order valence-corrected chi connectivity index (χ3v) is 4.63. The minimum atomic E-state index is -0.681. The minimum absolute atomic E-state index is 0.582. The maximum atomic E-state index is 11.5. The quantitative estimate of drug-likeness (QED) is 0.895. The van der Waals surface area contributed by atoms with E-state index in [1.54, 1.807) is 0 Å². The Bertz CT molecular complexity index is 510. The number of carboxylic acid groups (broad SMARTS) is 1. The highest BCUT2D eigenvalue weighted by molar-refractivity contribution is 5.75. The maximum absolute atomic E-state index is 11.5. The lowest BCUT2D eigenvalue weighted by Gasteiger charge is -2.38. The molecule has 0 unspecified atom stereocenters. The minimum Gasteiger partial charge on any atom is -0.481 e. The first-order valence-electron chi connectivity index (χ1n) is 7.77. The Morgan fingerprint density at radius 3 is 2.24 bits per heavy atom. The lowest BCUT2D eigenvalue weighted by atomic mass is 9.76. The molecule has 6 heteroatoms.